The number of hydrogen-bond acceptors (Lipinski definition) is 6. The predicted molar refractivity (Wildman–Crippen MR) is 102 cm³/mol. The van der Waals surface area contributed by atoms with E-state index in [4.69, 9.17) is 16.3 Å². The van der Waals surface area contributed by atoms with E-state index in [9.17, 15) is 19.3 Å². The van der Waals surface area contributed by atoms with Gasteiger partial charge in [0, 0.05) is 25.4 Å². The van der Waals surface area contributed by atoms with Crippen molar-refractivity contribution >= 4 is 34.7 Å². The maximum Gasteiger partial charge on any atom is 0.295 e. The third-order valence-corrected chi connectivity index (χ3v) is 4.78. The molecule has 28 heavy (non-hydrogen) atoms. The summed E-state index contributed by atoms with van der Waals surface area (Å²) in [6, 6.07) is 5.35. The van der Waals surface area contributed by atoms with E-state index in [1.807, 2.05) is 0 Å². The number of benzene rings is 1. The Bertz CT molecular complexity index is 894. The van der Waals surface area contributed by atoms with Gasteiger partial charge >= 0.3 is 0 Å². The summed E-state index contributed by atoms with van der Waals surface area (Å²) in [6.45, 7) is 0.771. The van der Waals surface area contributed by atoms with E-state index in [0.717, 1.165) is 6.07 Å². The SMILES string of the molecule is COc1cc(N2CCCC(C(=O)Nc3ccc(Cl)cn3)C2)c([N+](=O)[O-])cc1F. The summed E-state index contributed by atoms with van der Waals surface area (Å²) >= 11 is 5.79. The Morgan fingerprint density at radius 2 is 2.25 bits per heavy atom. The molecule has 2 aromatic rings. The number of rotatable bonds is 5. The number of hydrogen-bond donors (Lipinski definition) is 1. The second-order valence-corrected chi connectivity index (χ2v) is 6.81. The van der Waals surface area contributed by atoms with E-state index >= 15 is 0 Å². The third kappa shape index (κ3) is 4.30. The van der Waals surface area contributed by atoms with Crippen molar-refractivity contribution in [2.24, 2.45) is 5.92 Å². The second-order valence-electron chi connectivity index (χ2n) is 6.37. The normalized spacial score (nSPS) is 16.5. The monoisotopic (exact) mass is 408 g/mol. The first kappa shape index (κ1) is 19.8. The quantitative estimate of drug-likeness (QED) is 0.599. The molecular weight excluding hydrogens is 391 g/mol. The largest absolute Gasteiger partial charge is 0.494 e. The highest BCUT2D eigenvalue weighted by Gasteiger charge is 2.31. The highest BCUT2D eigenvalue weighted by atomic mass is 35.5. The minimum atomic E-state index is -0.807. The van der Waals surface area contributed by atoms with Crippen LogP contribution in [0.3, 0.4) is 0 Å². The van der Waals surface area contributed by atoms with Gasteiger partial charge in [-0.1, -0.05) is 11.6 Å². The van der Waals surface area contributed by atoms with Crippen molar-refractivity contribution < 1.29 is 18.8 Å². The molecule has 2 heterocycles. The number of ether oxygens (including phenoxy) is 1. The molecule has 1 fully saturated rings. The van der Waals surface area contributed by atoms with Crippen LogP contribution in [0, 0.1) is 21.8 Å². The Morgan fingerprint density at radius 1 is 1.46 bits per heavy atom. The lowest BCUT2D eigenvalue weighted by molar-refractivity contribution is -0.384. The second kappa shape index (κ2) is 8.39. The van der Waals surface area contributed by atoms with Gasteiger partial charge in [-0.2, -0.15) is 0 Å². The van der Waals surface area contributed by atoms with Crippen LogP contribution >= 0.6 is 11.6 Å². The van der Waals surface area contributed by atoms with Crippen LogP contribution in [0.4, 0.5) is 21.6 Å². The summed E-state index contributed by atoms with van der Waals surface area (Å²) in [6.07, 6.45) is 2.71. The van der Waals surface area contributed by atoms with Crippen LogP contribution in [0.25, 0.3) is 0 Å². The minimum absolute atomic E-state index is 0.0856. The molecule has 1 amide bonds. The van der Waals surface area contributed by atoms with E-state index < -0.39 is 16.7 Å². The van der Waals surface area contributed by atoms with Gasteiger partial charge in [0.2, 0.25) is 5.91 Å². The van der Waals surface area contributed by atoms with E-state index in [0.29, 0.717) is 30.2 Å². The molecule has 1 saturated heterocycles. The number of halogens is 2. The van der Waals surface area contributed by atoms with Crippen molar-refractivity contribution in [3.8, 4) is 5.75 Å². The number of nitro groups is 1. The number of pyridine rings is 1. The Labute approximate surface area is 165 Å². The predicted octanol–water partition coefficient (Wildman–Crippen LogP) is 3.65. The molecule has 1 aromatic heterocycles. The number of nitro benzene ring substituents is 1. The molecule has 0 bridgehead atoms. The Morgan fingerprint density at radius 3 is 2.89 bits per heavy atom. The van der Waals surface area contributed by atoms with Gasteiger partial charge in [-0.3, -0.25) is 14.9 Å². The first-order chi connectivity index (χ1) is 13.4. The van der Waals surface area contributed by atoms with Crippen LogP contribution in [-0.4, -0.2) is 36.0 Å². The van der Waals surface area contributed by atoms with E-state index in [2.05, 4.69) is 10.3 Å². The molecule has 148 valence electrons. The van der Waals surface area contributed by atoms with Gasteiger partial charge in [-0.15, -0.1) is 0 Å². The molecule has 1 N–H and O–H groups in total. The fourth-order valence-electron chi connectivity index (χ4n) is 3.18. The molecule has 0 radical (unpaired) electrons. The number of amides is 1. The first-order valence-corrected chi connectivity index (χ1v) is 8.96. The number of nitrogens with zero attached hydrogens (tertiary/aromatic N) is 3. The molecule has 1 aliphatic heterocycles. The summed E-state index contributed by atoms with van der Waals surface area (Å²) in [5.41, 5.74) is -0.135. The van der Waals surface area contributed by atoms with Gasteiger partial charge in [0.15, 0.2) is 11.6 Å². The van der Waals surface area contributed by atoms with Crippen LogP contribution in [0.2, 0.25) is 5.02 Å². The van der Waals surface area contributed by atoms with Gasteiger partial charge in [-0.25, -0.2) is 9.37 Å². The highest BCUT2D eigenvalue weighted by Crippen LogP contribution is 2.36. The molecule has 1 unspecified atom stereocenters. The third-order valence-electron chi connectivity index (χ3n) is 4.56. The number of carbonyl (C=O) groups excluding carboxylic acids is 1. The standard InChI is InChI=1S/C18H18ClFN4O4/c1-28-16-8-14(15(24(26)27)7-13(16)20)23-6-2-3-11(10-23)18(25)22-17-5-4-12(19)9-21-17/h4-5,7-9,11H,2-3,6,10H2,1H3,(H,21,22,25). The summed E-state index contributed by atoms with van der Waals surface area (Å²) in [5, 5.41) is 14.6. The Hall–Kier alpha value is -2.94. The van der Waals surface area contributed by atoms with Crippen LogP contribution in [0.1, 0.15) is 12.8 Å². The lowest BCUT2D eigenvalue weighted by Crippen LogP contribution is -2.41. The molecule has 0 aliphatic carbocycles. The number of nitrogens with one attached hydrogen (secondary N) is 1. The van der Waals surface area contributed by atoms with Gasteiger partial charge in [0.25, 0.3) is 5.69 Å². The average Bonchev–Trinajstić information content (AvgIpc) is 2.69. The van der Waals surface area contributed by atoms with Gasteiger partial charge in [0.1, 0.15) is 11.5 Å². The highest BCUT2D eigenvalue weighted by molar-refractivity contribution is 6.30. The smallest absolute Gasteiger partial charge is 0.295 e. The molecule has 1 atom stereocenters. The van der Waals surface area contributed by atoms with E-state index in [-0.39, 0.29) is 29.6 Å². The maximum absolute atomic E-state index is 13.9. The van der Waals surface area contributed by atoms with Crippen LogP contribution in [0.5, 0.6) is 5.75 Å². The summed E-state index contributed by atoms with van der Waals surface area (Å²) < 4.78 is 18.9. The zero-order chi connectivity index (χ0) is 20.3. The number of carbonyl (C=O) groups is 1. The van der Waals surface area contributed by atoms with Crippen molar-refractivity contribution in [3.05, 3.63) is 51.4 Å². The zero-order valence-electron chi connectivity index (χ0n) is 15.0. The summed E-state index contributed by atoms with van der Waals surface area (Å²) in [4.78, 5) is 29.1. The minimum Gasteiger partial charge on any atom is -0.494 e. The van der Waals surface area contributed by atoms with Gasteiger partial charge < -0.3 is 15.0 Å². The van der Waals surface area contributed by atoms with Crippen molar-refractivity contribution in [3.63, 3.8) is 0 Å². The van der Waals surface area contributed by atoms with Crippen LogP contribution in [-0.2, 0) is 4.79 Å². The molecular formula is C18H18ClFN4O4. The lowest BCUT2D eigenvalue weighted by Gasteiger charge is -2.33. The molecule has 3 rings (SSSR count). The number of aromatic nitrogens is 1. The summed E-state index contributed by atoms with van der Waals surface area (Å²) in [5.74, 6) is -1.16. The molecule has 1 aliphatic rings. The summed E-state index contributed by atoms with van der Waals surface area (Å²) in [7, 11) is 1.29. The Kier molecular flexibility index (Phi) is 5.93. The fourth-order valence-corrected chi connectivity index (χ4v) is 3.29. The average molecular weight is 409 g/mol. The van der Waals surface area contributed by atoms with Crippen LogP contribution in [0.15, 0.2) is 30.5 Å². The molecule has 0 spiro atoms. The number of anilines is 2. The number of methoxy groups -OCH3 is 1. The Balaban J connectivity index is 1.80. The van der Waals surface area contributed by atoms with Crippen molar-refractivity contribution in [2.45, 2.75) is 12.8 Å². The molecule has 0 saturated carbocycles. The van der Waals surface area contributed by atoms with Crippen molar-refractivity contribution in [1.82, 2.24) is 4.98 Å². The fraction of sp³-hybridized carbons (Fsp3) is 0.333. The topological polar surface area (TPSA) is 97.6 Å². The van der Waals surface area contributed by atoms with E-state index in [1.165, 1.54) is 19.4 Å². The van der Waals surface area contributed by atoms with E-state index in [1.54, 1.807) is 17.0 Å². The molecule has 8 nitrogen and oxygen atoms in total. The maximum atomic E-state index is 13.9. The number of piperidine rings is 1. The van der Waals surface area contributed by atoms with Crippen molar-refractivity contribution in [1.29, 1.82) is 0 Å². The van der Waals surface area contributed by atoms with Crippen LogP contribution < -0.4 is 15.0 Å². The molecule has 1 aromatic carbocycles. The lowest BCUT2D eigenvalue weighted by atomic mass is 9.96. The van der Waals surface area contributed by atoms with Gasteiger partial charge in [0.05, 0.1) is 29.0 Å². The van der Waals surface area contributed by atoms with Gasteiger partial charge in [-0.05, 0) is 25.0 Å². The van der Waals surface area contributed by atoms with Crippen molar-refractivity contribution in [2.75, 3.05) is 30.4 Å². The molecule has 10 heteroatoms. The zero-order valence-corrected chi connectivity index (χ0v) is 15.8. The first-order valence-electron chi connectivity index (χ1n) is 8.58.